The molecule has 0 atom stereocenters. The number of rotatable bonds is 22. The standard InChI is InChI=1S/C18H36O2.3C7H7.Sn/c1-2-3-4-5-6-7-8-9-10-11-12-13-14-15-16-17-18(19)20;3*1-7-5-3-2-4-6-7;/h2-17H2,1H3,(H,19,20);3*2-6H,1H2;/q;;;;+1/p-1. The second-order valence-electron chi connectivity index (χ2n) is 11.8. The normalized spacial score (nSPS) is 10.6. The molecule has 0 aromatic heterocycles. The molecule has 0 radical (unpaired) electrons. The number of benzene rings is 3. The molecule has 0 saturated heterocycles. The van der Waals surface area contributed by atoms with Crippen molar-refractivity contribution in [3.05, 3.63) is 108 Å². The molecule has 3 rings (SSSR count). The summed E-state index contributed by atoms with van der Waals surface area (Å²) < 4.78 is 3.98. The average Bonchev–Trinajstić information content (AvgIpc) is 3.01. The van der Waals surface area contributed by atoms with Crippen LogP contribution in [0.1, 0.15) is 126 Å². The fourth-order valence-electron chi connectivity index (χ4n) is 5.48. The van der Waals surface area contributed by atoms with Crippen molar-refractivity contribution in [1.29, 1.82) is 0 Å². The van der Waals surface area contributed by atoms with Gasteiger partial charge in [-0.1, -0.05) is 96.8 Å². The first-order valence-corrected chi connectivity index (χ1v) is 22.9. The minimum atomic E-state index is -1.56. The van der Waals surface area contributed by atoms with Gasteiger partial charge in [-0.3, -0.25) is 0 Å². The quantitative estimate of drug-likeness (QED) is 0.0786. The summed E-state index contributed by atoms with van der Waals surface area (Å²) in [5.74, 6) is -0.903. The second kappa shape index (κ2) is 25.4. The molecule has 0 bridgehead atoms. The Bertz CT molecular complexity index is 908. The molecule has 0 aliphatic rings. The van der Waals surface area contributed by atoms with Crippen LogP contribution < -0.4 is 5.11 Å². The van der Waals surface area contributed by atoms with E-state index in [1.807, 2.05) is 0 Å². The Morgan fingerprint density at radius 2 is 0.762 bits per heavy atom. The summed E-state index contributed by atoms with van der Waals surface area (Å²) >= 11 is -1.56. The van der Waals surface area contributed by atoms with Crippen molar-refractivity contribution in [2.45, 2.75) is 123 Å². The number of aliphatic carboxylic acids is 1. The summed E-state index contributed by atoms with van der Waals surface area (Å²) in [6.45, 7) is 2.27. The van der Waals surface area contributed by atoms with Crippen molar-refractivity contribution < 1.29 is 9.90 Å². The summed E-state index contributed by atoms with van der Waals surface area (Å²) in [4.78, 5) is 10.2. The van der Waals surface area contributed by atoms with Gasteiger partial charge in [-0.05, 0) is 12.8 Å². The fraction of sp³-hybridized carbons (Fsp3) is 0.513. The van der Waals surface area contributed by atoms with E-state index in [4.69, 9.17) is 0 Å². The van der Waals surface area contributed by atoms with Gasteiger partial charge in [-0.25, -0.2) is 0 Å². The van der Waals surface area contributed by atoms with Gasteiger partial charge in [0.15, 0.2) is 0 Å². The van der Waals surface area contributed by atoms with Crippen molar-refractivity contribution in [3.8, 4) is 0 Å². The Balaban J connectivity index is 0.000000296. The Labute approximate surface area is 265 Å². The SMILES string of the molecule is CCCCCCCCCCCCCCCCCC(=O)[O-].c1ccc([CH2][Sn+]([CH2]c2ccccc2)[CH2]c2ccccc2)cc1. The number of hydrogen-bond donors (Lipinski definition) is 0. The van der Waals surface area contributed by atoms with Crippen molar-refractivity contribution in [2.24, 2.45) is 0 Å². The molecule has 0 aliphatic carbocycles. The van der Waals surface area contributed by atoms with E-state index in [9.17, 15) is 9.90 Å². The molecular formula is C39H56O2Sn. The molecule has 0 heterocycles. The first-order valence-electron chi connectivity index (χ1n) is 16.8. The number of carboxylic acids is 1. The molecule has 0 amide bonds. The molecule has 42 heavy (non-hydrogen) atoms. The molecule has 0 spiro atoms. The number of carbonyl (C=O) groups excluding carboxylic acids is 1. The van der Waals surface area contributed by atoms with Crippen LogP contribution in [0.4, 0.5) is 0 Å². The van der Waals surface area contributed by atoms with Crippen LogP contribution in [0.25, 0.3) is 0 Å². The first kappa shape index (κ1) is 36.1. The Morgan fingerprint density at radius 1 is 0.476 bits per heavy atom. The van der Waals surface area contributed by atoms with Crippen LogP contribution in [0.5, 0.6) is 0 Å². The molecule has 0 unspecified atom stereocenters. The molecule has 0 aliphatic heterocycles. The summed E-state index contributed by atoms with van der Waals surface area (Å²) in [5.41, 5.74) is 4.55. The summed E-state index contributed by atoms with van der Waals surface area (Å²) in [5, 5.41) is 10.2. The second-order valence-corrected chi connectivity index (χ2v) is 19.1. The monoisotopic (exact) mass is 676 g/mol. The van der Waals surface area contributed by atoms with E-state index in [1.165, 1.54) is 113 Å². The predicted molar refractivity (Wildman–Crippen MR) is 181 cm³/mol. The van der Waals surface area contributed by atoms with Gasteiger partial charge >= 0.3 is 141 Å². The van der Waals surface area contributed by atoms with E-state index in [0.29, 0.717) is 0 Å². The topological polar surface area (TPSA) is 40.1 Å². The van der Waals surface area contributed by atoms with Crippen molar-refractivity contribution >= 4 is 25.7 Å². The van der Waals surface area contributed by atoms with Crippen molar-refractivity contribution in [3.63, 3.8) is 0 Å². The van der Waals surface area contributed by atoms with E-state index in [2.05, 4.69) is 97.9 Å². The molecule has 3 aromatic rings. The Morgan fingerprint density at radius 3 is 1.05 bits per heavy atom. The Hall–Kier alpha value is -2.07. The van der Waals surface area contributed by atoms with Crippen LogP contribution >= 0.6 is 0 Å². The molecular weight excluding hydrogens is 619 g/mol. The van der Waals surface area contributed by atoms with E-state index in [1.54, 1.807) is 0 Å². The first-order chi connectivity index (χ1) is 20.7. The average molecular weight is 676 g/mol. The molecule has 0 saturated carbocycles. The minimum absolute atomic E-state index is 0.234. The maximum absolute atomic E-state index is 10.2. The summed E-state index contributed by atoms with van der Waals surface area (Å²) in [6, 6.07) is 33.1. The zero-order valence-corrected chi connectivity index (χ0v) is 29.3. The van der Waals surface area contributed by atoms with E-state index in [-0.39, 0.29) is 6.42 Å². The van der Waals surface area contributed by atoms with Gasteiger partial charge in [0.25, 0.3) is 0 Å². The number of carboxylic acid groups (broad SMARTS) is 1. The van der Waals surface area contributed by atoms with Crippen molar-refractivity contribution in [2.75, 3.05) is 0 Å². The van der Waals surface area contributed by atoms with Crippen LogP contribution in [0.3, 0.4) is 0 Å². The molecule has 3 heteroatoms. The molecule has 3 aromatic carbocycles. The van der Waals surface area contributed by atoms with Crippen LogP contribution in [-0.4, -0.2) is 25.7 Å². The van der Waals surface area contributed by atoms with Gasteiger partial charge in [0.1, 0.15) is 0 Å². The molecule has 0 N–H and O–H groups in total. The predicted octanol–water partition coefficient (Wildman–Crippen LogP) is 9.82. The molecule has 2 nitrogen and oxygen atoms in total. The van der Waals surface area contributed by atoms with Crippen molar-refractivity contribution in [1.82, 2.24) is 0 Å². The van der Waals surface area contributed by atoms with Crippen LogP contribution in [0, 0.1) is 0 Å². The Kier molecular flexibility index (Phi) is 21.9. The third-order valence-electron chi connectivity index (χ3n) is 7.88. The van der Waals surface area contributed by atoms with Gasteiger partial charge in [-0.2, -0.15) is 0 Å². The zero-order chi connectivity index (χ0) is 29.9. The number of unbranched alkanes of at least 4 members (excludes halogenated alkanes) is 14. The maximum atomic E-state index is 10.2. The van der Waals surface area contributed by atoms with Gasteiger partial charge < -0.3 is 9.90 Å². The van der Waals surface area contributed by atoms with Gasteiger partial charge in [0.05, 0.1) is 0 Å². The van der Waals surface area contributed by atoms with Gasteiger partial charge in [0.2, 0.25) is 0 Å². The van der Waals surface area contributed by atoms with Gasteiger partial charge in [0, 0.05) is 5.97 Å². The number of carbonyl (C=O) groups is 1. The van der Waals surface area contributed by atoms with Crippen LogP contribution in [0.15, 0.2) is 91.0 Å². The van der Waals surface area contributed by atoms with Crippen LogP contribution in [-0.2, 0) is 18.1 Å². The van der Waals surface area contributed by atoms with Gasteiger partial charge in [-0.15, -0.1) is 0 Å². The fourth-order valence-corrected chi connectivity index (χ4v) is 13.5. The molecule has 228 valence electrons. The molecule has 0 fully saturated rings. The third kappa shape index (κ3) is 19.9. The summed E-state index contributed by atoms with van der Waals surface area (Å²) in [6.07, 6.45) is 19.9. The van der Waals surface area contributed by atoms with E-state index in [0.717, 1.165) is 12.8 Å². The number of hydrogen-bond acceptors (Lipinski definition) is 2. The van der Waals surface area contributed by atoms with E-state index >= 15 is 0 Å². The zero-order valence-electron chi connectivity index (χ0n) is 26.4. The third-order valence-corrected chi connectivity index (χ3v) is 15.7. The van der Waals surface area contributed by atoms with Crippen LogP contribution in [0.2, 0.25) is 0 Å². The van der Waals surface area contributed by atoms with E-state index < -0.39 is 25.7 Å². The summed E-state index contributed by atoms with van der Waals surface area (Å²) in [7, 11) is 0.